The van der Waals surface area contributed by atoms with Crippen LogP contribution in [0.4, 0.5) is 0 Å². The number of hydrogen-bond donors (Lipinski definition) is 0. The Morgan fingerprint density at radius 2 is 2.53 bits per heavy atom. The molecule has 0 N–H and O–H groups in total. The molecule has 1 unspecified atom stereocenters. The predicted octanol–water partition coefficient (Wildman–Crippen LogP) is 3.20. The average molecular weight is 356 g/mol. The fraction of sp³-hybridized carbons (Fsp3) is 0.500. The summed E-state index contributed by atoms with van der Waals surface area (Å²) in [5.41, 5.74) is 0.807. The Kier molecular flexibility index (Phi) is 3.90. The molecule has 1 aliphatic rings. The molecule has 82 valence electrons. The molecule has 1 aromatic heterocycles. The number of rotatable bonds is 2. The van der Waals surface area contributed by atoms with E-state index in [4.69, 9.17) is 11.6 Å². The van der Waals surface area contributed by atoms with E-state index in [9.17, 15) is 4.79 Å². The highest BCUT2D eigenvalue weighted by Gasteiger charge is 2.28. The van der Waals surface area contributed by atoms with E-state index in [1.54, 1.807) is 11.3 Å². The van der Waals surface area contributed by atoms with Crippen molar-refractivity contribution >= 4 is 51.4 Å². The highest BCUT2D eigenvalue weighted by molar-refractivity contribution is 14.1. The molecule has 0 radical (unpaired) electrons. The Labute approximate surface area is 112 Å². The molecule has 2 heterocycles. The Morgan fingerprint density at radius 3 is 3.13 bits per heavy atom. The minimum absolute atomic E-state index is 0.136. The largest absolute Gasteiger partial charge is 0.334 e. The Balaban J connectivity index is 2.13. The smallest absolute Gasteiger partial charge is 0.255 e. The van der Waals surface area contributed by atoms with Crippen molar-refractivity contribution in [3.8, 4) is 0 Å². The Morgan fingerprint density at radius 1 is 1.73 bits per heavy atom. The minimum atomic E-state index is 0.136. The summed E-state index contributed by atoms with van der Waals surface area (Å²) in [6, 6.07) is 2.17. The zero-order chi connectivity index (χ0) is 10.8. The van der Waals surface area contributed by atoms with Gasteiger partial charge in [0.05, 0.1) is 8.45 Å². The third-order valence-corrected chi connectivity index (χ3v) is 4.78. The van der Waals surface area contributed by atoms with Gasteiger partial charge in [-0.3, -0.25) is 4.79 Å². The molecule has 0 aliphatic carbocycles. The summed E-state index contributed by atoms with van der Waals surface area (Å²) in [6.45, 7) is 0.850. The van der Waals surface area contributed by atoms with Crippen molar-refractivity contribution in [3.63, 3.8) is 0 Å². The molecule has 2 rings (SSSR count). The van der Waals surface area contributed by atoms with Gasteiger partial charge in [-0.25, -0.2) is 0 Å². The first-order valence-electron chi connectivity index (χ1n) is 4.83. The van der Waals surface area contributed by atoms with E-state index in [0.29, 0.717) is 5.88 Å². The third-order valence-electron chi connectivity index (χ3n) is 2.63. The highest BCUT2D eigenvalue weighted by atomic mass is 127. The Hall–Kier alpha value is 0.190. The summed E-state index contributed by atoms with van der Waals surface area (Å²) in [5, 5.41) is 1.92. The van der Waals surface area contributed by atoms with Gasteiger partial charge in [-0.05, 0) is 41.5 Å². The number of carbonyl (C=O) groups is 1. The molecule has 1 saturated heterocycles. The predicted molar refractivity (Wildman–Crippen MR) is 71.8 cm³/mol. The first kappa shape index (κ1) is 11.7. The van der Waals surface area contributed by atoms with Gasteiger partial charge in [0.15, 0.2) is 0 Å². The molecule has 1 amide bonds. The average Bonchev–Trinajstić information content (AvgIpc) is 2.84. The van der Waals surface area contributed by atoms with Gasteiger partial charge in [0.25, 0.3) is 5.91 Å². The van der Waals surface area contributed by atoms with Crippen LogP contribution in [0.2, 0.25) is 0 Å². The van der Waals surface area contributed by atoms with Gasteiger partial charge in [0.2, 0.25) is 0 Å². The molecule has 1 atom stereocenters. The van der Waals surface area contributed by atoms with Crippen LogP contribution in [-0.2, 0) is 0 Å². The number of amides is 1. The van der Waals surface area contributed by atoms with Gasteiger partial charge < -0.3 is 4.90 Å². The molecule has 5 heteroatoms. The van der Waals surface area contributed by atoms with E-state index in [-0.39, 0.29) is 11.9 Å². The zero-order valence-electron chi connectivity index (χ0n) is 8.08. The van der Waals surface area contributed by atoms with Crippen molar-refractivity contribution in [2.24, 2.45) is 0 Å². The molecule has 0 bridgehead atoms. The van der Waals surface area contributed by atoms with Crippen molar-refractivity contribution in [2.45, 2.75) is 18.9 Å². The number of nitrogens with zero attached hydrogens (tertiary/aromatic N) is 1. The summed E-state index contributed by atoms with van der Waals surface area (Å²) < 4.78 is 1.15. The summed E-state index contributed by atoms with van der Waals surface area (Å²) in [7, 11) is 0. The van der Waals surface area contributed by atoms with Crippen LogP contribution in [-0.4, -0.2) is 29.3 Å². The van der Waals surface area contributed by atoms with Crippen molar-refractivity contribution in [3.05, 3.63) is 19.9 Å². The molecular weight excluding hydrogens is 345 g/mol. The lowest BCUT2D eigenvalue weighted by molar-refractivity contribution is 0.0749. The number of hydrogen-bond acceptors (Lipinski definition) is 2. The minimum Gasteiger partial charge on any atom is -0.334 e. The zero-order valence-corrected chi connectivity index (χ0v) is 11.8. The lowest BCUT2D eigenvalue weighted by atomic mass is 10.2. The summed E-state index contributed by atoms with van der Waals surface area (Å²) in [5.74, 6) is 0.685. The van der Waals surface area contributed by atoms with E-state index in [2.05, 4.69) is 22.6 Å². The fourth-order valence-electron chi connectivity index (χ4n) is 1.85. The molecule has 1 aromatic rings. The van der Waals surface area contributed by atoms with Gasteiger partial charge in [0, 0.05) is 23.8 Å². The van der Waals surface area contributed by atoms with Crippen LogP contribution in [0.25, 0.3) is 0 Å². The van der Waals surface area contributed by atoms with Crippen LogP contribution in [0.5, 0.6) is 0 Å². The molecule has 0 saturated carbocycles. The lowest BCUT2D eigenvalue weighted by Gasteiger charge is -2.22. The lowest BCUT2D eigenvalue weighted by Crippen LogP contribution is -2.36. The second-order valence-electron chi connectivity index (χ2n) is 3.59. The number of likely N-dealkylation sites (tertiary alicyclic amines) is 1. The second kappa shape index (κ2) is 5.01. The van der Waals surface area contributed by atoms with E-state index < -0.39 is 0 Å². The summed E-state index contributed by atoms with van der Waals surface area (Å²) in [4.78, 5) is 14.0. The van der Waals surface area contributed by atoms with E-state index >= 15 is 0 Å². The Bertz CT molecular complexity index is 368. The first-order valence-corrected chi connectivity index (χ1v) is 7.32. The van der Waals surface area contributed by atoms with E-state index in [1.165, 1.54) is 0 Å². The molecular formula is C10H11ClINOS. The van der Waals surface area contributed by atoms with Crippen LogP contribution in [0.3, 0.4) is 0 Å². The van der Waals surface area contributed by atoms with Crippen molar-refractivity contribution in [1.82, 2.24) is 4.90 Å². The molecule has 1 aliphatic heterocycles. The van der Waals surface area contributed by atoms with Crippen LogP contribution in [0.15, 0.2) is 11.4 Å². The SMILES string of the molecule is O=C(c1csc(I)c1)N1CCCC1CCl. The summed E-state index contributed by atoms with van der Waals surface area (Å²) in [6.07, 6.45) is 2.11. The maximum absolute atomic E-state index is 12.1. The van der Waals surface area contributed by atoms with Crippen LogP contribution in [0, 0.1) is 2.88 Å². The monoisotopic (exact) mass is 355 g/mol. The molecule has 0 aromatic carbocycles. The first-order chi connectivity index (χ1) is 7.22. The molecule has 0 spiro atoms. The second-order valence-corrected chi connectivity index (χ2v) is 6.70. The van der Waals surface area contributed by atoms with E-state index in [0.717, 1.165) is 27.8 Å². The van der Waals surface area contributed by atoms with E-state index in [1.807, 2.05) is 16.3 Å². The standard InChI is InChI=1S/C10H11ClINOS/c11-5-8-2-1-3-13(8)10(14)7-4-9(12)15-6-7/h4,6,8H,1-3,5H2. The number of carbonyl (C=O) groups excluding carboxylic acids is 1. The van der Waals surface area contributed by atoms with Crippen molar-refractivity contribution in [1.29, 1.82) is 0 Å². The van der Waals surface area contributed by atoms with Gasteiger partial charge in [-0.15, -0.1) is 22.9 Å². The van der Waals surface area contributed by atoms with Gasteiger partial charge in [0.1, 0.15) is 0 Å². The summed E-state index contributed by atoms with van der Waals surface area (Å²) >= 11 is 9.69. The molecule has 1 fully saturated rings. The van der Waals surface area contributed by atoms with Gasteiger partial charge in [-0.2, -0.15) is 0 Å². The number of halogens is 2. The maximum Gasteiger partial charge on any atom is 0.255 e. The molecule has 15 heavy (non-hydrogen) atoms. The third kappa shape index (κ3) is 2.47. The maximum atomic E-state index is 12.1. The number of thiophene rings is 1. The normalized spacial score (nSPS) is 20.9. The van der Waals surface area contributed by atoms with Gasteiger partial charge in [-0.1, -0.05) is 0 Å². The molecule has 2 nitrogen and oxygen atoms in total. The quantitative estimate of drug-likeness (QED) is 0.589. The fourth-order valence-corrected chi connectivity index (χ4v) is 3.49. The topological polar surface area (TPSA) is 20.3 Å². The van der Waals surface area contributed by atoms with Crippen molar-refractivity contribution in [2.75, 3.05) is 12.4 Å². The number of alkyl halides is 1. The van der Waals surface area contributed by atoms with Crippen LogP contribution < -0.4 is 0 Å². The van der Waals surface area contributed by atoms with Crippen LogP contribution >= 0.6 is 45.5 Å². The van der Waals surface area contributed by atoms with Crippen LogP contribution in [0.1, 0.15) is 23.2 Å². The van der Waals surface area contributed by atoms with Gasteiger partial charge >= 0.3 is 0 Å². The van der Waals surface area contributed by atoms with Crippen molar-refractivity contribution < 1.29 is 4.79 Å². The highest BCUT2D eigenvalue weighted by Crippen LogP contribution is 2.24.